The van der Waals surface area contributed by atoms with Crippen LogP contribution in [-0.2, 0) is 0 Å². The van der Waals surface area contributed by atoms with Crippen molar-refractivity contribution in [1.82, 2.24) is 4.90 Å². The highest BCUT2D eigenvalue weighted by Gasteiger charge is 2.35. The summed E-state index contributed by atoms with van der Waals surface area (Å²) >= 11 is 1.16. The Morgan fingerprint density at radius 1 is 1.33 bits per heavy atom. The topological polar surface area (TPSA) is 55.6 Å². The molecular formula is C17H18F2N2O2S. The molecule has 2 N–H and O–H groups in total. The zero-order valence-corrected chi connectivity index (χ0v) is 13.9. The standard InChI is InChI=1S/C17H18F2N2O2S/c1-10-7-14(23-17(18)19)15(24-10)16(22)21-8-12(13(20)9-21)11-5-3-2-4-6-11/h2-7,12-13,17H,8-9,20H2,1H3/t12-,13+/m0/s1. The van der Waals surface area contributed by atoms with E-state index in [9.17, 15) is 13.6 Å². The molecule has 1 saturated heterocycles. The summed E-state index contributed by atoms with van der Waals surface area (Å²) in [4.78, 5) is 15.3. The minimum absolute atomic E-state index is 0.0377. The molecule has 0 saturated carbocycles. The third-order valence-electron chi connectivity index (χ3n) is 4.11. The average molecular weight is 352 g/mol. The molecule has 1 aliphatic rings. The van der Waals surface area contributed by atoms with Gasteiger partial charge in [0.1, 0.15) is 10.6 Å². The zero-order chi connectivity index (χ0) is 17.3. The molecular weight excluding hydrogens is 334 g/mol. The van der Waals surface area contributed by atoms with E-state index in [2.05, 4.69) is 4.74 Å². The molecule has 1 amide bonds. The Morgan fingerprint density at radius 3 is 2.71 bits per heavy atom. The Bertz CT molecular complexity index is 721. The van der Waals surface area contributed by atoms with Crippen LogP contribution < -0.4 is 10.5 Å². The first-order valence-corrected chi connectivity index (χ1v) is 8.42. The second kappa shape index (κ2) is 6.86. The van der Waals surface area contributed by atoms with Crippen LogP contribution >= 0.6 is 11.3 Å². The molecule has 2 atom stereocenters. The Hall–Kier alpha value is -1.99. The highest BCUT2D eigenvalue weighted by atomic mass is 32.1. The summed E-state index contributed by atoms with van der Waals surface area (Å²) in [5.41, 5.74) is 7.28. The fraction of sp³-hybridized carbons (Fsp3) is 0.353. The predicted octanol–water partition coefficient (Wildman–Crippen LogP) is 3.22. The van der Waals surface area contributed by atoms with Crippen molar-refractivity contribution in [3.8, 4) is 5.75 Å². The Balaban J connectivity index is 1.79. The van der Waals surface area contributed by atoms with Crippen molar-refractivity contribution in [1.29, 1.82) is 0 Å². The van der Waals surface area contributed by atoms with Gasteiger partial charge in [-0.05, 0) is 18.6 Å². The van der Waals surface area contributed by atoms with Crippen LogP contribution in [0.15, 0.2) is 36.4 Å². The van der Waals surface area contributed by atoms with Gasteiger partial charge in [-0.3, -0.25) is 4.79 Å². The van der Waals surface area contributed by atoms with Crippen LogP contribution in [0.3, 0.4) is 0 Å². The first-order chi connectivity index (χ1) is 11.5. The maximum absolute atomic E-state index is 12.7. The Labute approximate surface area is 142 Å². The zero-order valence-electron chi connectivity index (χ0n) is 13.1. The number of alkyl halides is 2. The number of amides is 1. The van der Waals surface area contributed by atoms with Gasteiger partial charge in [0.15, 0.2) is 0 Å². The van der Waals surface area contributed by atoms with Crippen LogP contribution in [0.25, 0.3) is 0 Å². The number of nitrogens with two attached hydrogens (primary N) is 1. The molecule has 128 valence electrons. The van der Waals surface area contributed by atoms with Crippen LogP contribution in [0.5, 0.6) is 5.75 Å². The van der Waals surface area contributed by atoms with Crippen LogP contribution in [0, 0.1) is 6.92 Å². The summed E-state index contributed by atoms with van der Waals surface area (Å²) in [7, 11) is 0. The van der Waals surface area contributed by atoms with E-state index in [0.29, 0.717) is 13.1 Å². The Kier molecular flexibility index (Phi) is 4.82. The summed E-state index contributed by atoms with van der Waals surface area (Å²) in [5, 5.41) is 0. The van der Waals surface area contributed by atoms with Crippen LogP contribution in [0.1, 0.15) is 26.0 Å². The molecule has 2 aromatic rings. The van der Waals surface area contributed by atoms with Gasteiger partial charge in [-0.1, -0.05) is 30.3 Å². The minimum atomic E-state index is -2.96. The molecule has 1 aromatic carbocycles. The van der Waals surface area contributed by atoms with Gasteiger partial charge in [-0.2, -0.15) is 8.78 Å². The minimum Gasteiger partial charge on any atom is -0.433 e. The van der Waals surface area contributed by atoms with Gasteiger partial charge in [-0.15, -0.1) is 11.3 Å². The summed E-state index contributed by atoms with van der Waals surface area (Å²) < 4.78 is 29.6. The second-order valence-corrected chi connectivity index (χ2v) is 7.08. The molecule has 1 aromatic heterocycles. The molecule has 0 unspecified atom stereocenters. The van der Waals surface area contributed by atoms with Gasteiger partial charge in [0, 0.05) is 29.9 Å². The van der Waals surface area contributed by atoms with Crippen molar-refractivity contribution in [2.24, 2.45) is 5.73 Å². The van der Waals surface area contributed by atoms with E-state index in [0.717, 1.165) is 21.8 Å². The molecule has 1 fully saturated rings. The SMILES string of the molecule is Cc1cc(OC(F)F)c(C(=O)N2C[C@@H](N)[C@H](c3ccccc3)C2)s1. The maximum Gasteiger partial charge on any atom is 0.387 e. The quantitative estimate of drug-likeness (QED) is 0.919. The number of hydrogen-bond donors (Lipinski definition) is 1. The van der Waals surface area contributed by atoms with Crippen molar-refractivity contribution in [2.75, 3.05) is 13.1 Å². The van der Waals surface area contributed by atoms with Crippen molar-refractivity contribution in [2.45, 2.75) is 25.5 Å². The van der Waals surface area contributed by atoms with E-state index in [1.165, 1.54) is 6.07 Å². The lowest BCUT2D eigenvalue weighted by molar-refractivity contribution is -0.0499. The van der Waals surface area contributed by atoms with E-state index < -0.39 is 6.61 Å². The second-order valence-electron chi connectivity index (χ2n) is 5.82. The van der Waals surface area contributed by atoms with Crippen LogP contribution in [0.2, 0.25) is 0 Å². The van der Waals surface area contributed by atoms with E-state index >= 15 is 0 Å². The van der Waals surface area contributed by atoms with Gasteiger partial charge in [0.2, 0.25) is 0 Å². The lowest BCUT2D eigenvalue weighted by atomic mass is 9.95. The number of aryl methyl sites for hydroxylation is 1. The predicted molar refractivity (Wildman–Crippen MR) is 88.7 cm³/mol. The summed E-state index contributed by atoms with van der Waals surface area (Å²) in [6, 6.07) is 11.0. The number of thiophene rings is 1. The summed E-state index contributed by atoms with van der Waals surface area (Å²) in [6.45, 7) is -0.343. The van der Waals surface area contributed by atoms with Gasteiger partial charge in [-0.25, -0.2) is 0 Å². The smallest absolute Gasteiger partial charge is 0.387 e. The number of carbonyl (C=O) groups excluding carboxylic acids is 1. The first-order valence-electron chi connectivity index (χ1n) is 7.60. The highest BCUT2D eigenvalue weighted by molar-refractivity contribution is 7.14. The normalized spacial score (nSPS) is 20.6. The number of carbonyl (C=O) groups is 1. The first kappa shape index (κ1) is 16.9. The largest absolute Gasteiger partial charge is 0.433 e. The number of hydrogen-bond acceptors (Lipinski definition) is 4. The molecule has 4 nitrogen and oxygen atoms in total. The lowest BCUT2D eigenvalue weighted by Crippen LogP contribution is -2.32. The number of halogens is 2. The summed E-state index contributed by atoms with van der Waals surface area (Å²) in [5.74, 6) is -0.331. The van der Waals surface area contributed by atoms with Crippen molar-refractivity contribution in [3.63, 3.8) is 0 Å². The molecule has 7 heteroatoms. The molecule has 1 aliphatic heterocycles. The number of rotatable bonds is 4. The van der Waals surface area contributed by atoms with Gasteiger partial charge in [0.25, 0.3) is 5.91 Å². The molecule has 2 heterocycles. The highest BCUT2D eigenvalue weighted by Crippen LogP contribution is 2.34. The van der Waals surface area contributed by atoms with Crippen LogP contribution in [-0.4, -0.2) is 36.5 Å². The van der Waals surface area contributed by atoms with Crippen molar-refractivity contribution >= 4 is 17.2 Å². The fourth-order valence-electron chi connectivity index (χ4n) is 3.01. The van der Waals surface area contributed by atoms with Crippen molar-refractivity contribution in [3.05, 3.63) is 51.7 Å². The maximum atomic E-state index is 12.7. The van der Waals surface area contributed by atoms with E-state index in [-0.39, 0.29) is 28.5 Å². The molecule has 0 spiro atoms. The van der Waals surface area contributed by atoms with Gasteiger partial charge < -0.3 is 15.4 Å². The number of benzene rings is 1. The van der Waals surface area contributed by atoms with Gasteiger partial charge >= 0.3 is 6.61 Å². The van der Waals surface area contributed by atoms with Crippen molar-refractivity contribution < 1.29 is 18.3 Å². The van der Waals surface area contributed by atoms with Crippen LogP contribution in [0.4, 0.5) is 8.78 Å². The number of ether oxygens (including phenoxy) is 1. The average Bonchev–Trinajstić information content (AvgIpc) is 3.10. The number of nitrogens with zero attached hydrogens (tertiary/aromatic N) is 1. The molecule has 24 heavy (non-hydrogen) atoms. The summed E-state index contributed by atoms with van der Waals surface area (Å²) in [6.07, 6.45) is 0. The molecule has 0 radical (unpaired) electrons. The van der Waals surface area contributed by atoms with E-state index in [1.807, 2.05) is 30.3 Å². The molecule has 0 bridgehead atoms. The van der Waals surface area contributed by atoms with E-state index in [1.54, 1.807) is 11.8 Å². The Morgan fingerprint density at radius 2 is 2.04 bits per heavy atom. The molecule has 3 rings (SSSR count). The van der Waals surface area contributed by atoms with Gasteiger partial charge in [0.05, 0.1) is 0 Å². The lowest BCUT2D eigenvalue weighted by Gasteiger charge is -2.16. The fourth-order valence-corrected chi connectivity index (χ4v) is 3.93. The third-order valence-corrected chi connectivity index (χ3v) is 5.13. The monoisotopic (exact) mass is 352 g/mol. The van der Waals surface area contributed by atoms with E-state index in [4.69, 9.17) is 5.73 Å². The third kappa shape index (κ3) is 3.42. The molecule has 0 aliphatic carbocycles. The number of likely N-dealkylation sites (tertiary alicyclic amines) is 1.